The third-order valence-corrected chi connectivity index (χ3v) is 14.1. The molecule has 0 N–H and O–H groups in total. The largest absolute Gasteiger partial charge is 0.306 e. The van der Waals surface area contributed by atoms with Gasteiger partial charge < -0.3 is 18.3 Å². The smallest absolute Gasteiger partial charge is 0.0975 e. The highest BCUT2D eigenvalue weighted by Crippen LogP contribution is 2.54. The van der Waals surface area contributed by atoms with Gasteiger partial charge in [0.2, 0.25) is 0 Å². The monoisotopic (exact) mass is 896 g/mol. The molecule has 0 radical (unpaired) electrons. The number of nitrogens with zero attached hydrogens (tertiary/aromatic N) is 10. The second-order valence-corrected chi connectivity index (χ2v) is 17.6. The van der Waals surface area contributed by atoms with E-state index in [-0.39, 0.29) is 0 Å². The predicted molar refractivity (Wildman–Crippen MR) is 281 cm³/mol. The van der Waals surface area contributed by atoms with E-state index in [4.69, 9.17) is 24.9 Å². The van der Waals surface area contributed by atoms with Crippen LogP contribution in [0.4, 0.5) is 0 Å². The number of hydrogen-bond donors (Lipinski definition) is 0. The summed E-state index contributed by atoms with van der Waals surface area (Å²) in [6.45, 7) is 0. The molecule has 0 unspecified atom stereocenters. The van der Waals surface area contributed by atoms with E-state index in [1.807, 2.05) is 80.4 Å². The SMILES string of the molecule is c1cncc(-c2c(-c3ccncc3)c(-n3c4ccccc4c4cnccc43)c(-n3c4ccccc4c4cnccc43)c(-n3c4ccccc4c4cnccc43)c2-n2c3ccccc3c3cnccc32)c1. The Morgan fingerprint density at radius 2 is 0.529 bits per heavy atom. The molecule has 0 saturated heterocycles. The van der Waals surface area contributed by atoms with Crippen molar-refractivity contribution in [2.45, 2.75) is 0 Å². The Kier molecular flexibility index (Phi) is 8.13. The van der Waals surface area contributed by atoms with Crippen molar-refractivity contribution in [2.24, 2.45) is 0 Å². The summed E-state index contributed by atoms with van der Waals surface area (Å²) >= 11 is 0. The standard InChI is InChI=1S/C60H36N10/c1-5-15-47-39(11-1)43-33-63-28-21-51(43)67(47)57-55(37-19-26-61-27-20-37)56(38-10-9-25-62-32-38)58(68-48-16-6-2-12-40(48)44-34-64-29-22-52(44)68)60(70-50-18-8-4-14-42(50)46-36-66-31-24-54(46)70)59(57)69-49-17-7-3-13-41(49)45-35-65-30-23-53(45)69/h1-36H. The summed E-state index contributed by atoms with van der Waals surface area (Å²) in [4.78, 5) is 28.6. The Hall–Kier alpha value is -9.80. The Morgan fingerprint density at radius 1 is 0.214 bits per heavy atom. The van der Waals surface area contributed by atoms with Crippen molar-refractivity contribution in [1.29, 1.82) is 0 Å². The maximum absolute atomic E-state index is 4.91. The Morgan fingerprint density at radius 3 is 0.900 bits per heavy atom. The fraction of sp³-hybridized carbons (Fsp3) is 0. The van der Waals surface area contributed by atoms with E-state index in [2.05, 4.69) is 163 Å². The van der Waals surface area contributed by atoms with Crippen molar-refractivity contribution in [3.05, 3.63) is 220 Å². The molecule has 10 heteroatoms. The molecule has 0 aliphatic carbocycles. The molecule has 0 amide bonds. The van der Waals surface area contributed by atoms with E-state index >= 15 is 0 Å². The van der Waals surface area contributed by atoms with Crippen molar-refractivity contribution < 1.29 is 0 Å². The number of rotatable bonds is 6. The summed E-state index contributed by atoms with van der Waals surface area (Å²) in [5.74, 6) is 0. The molecule has 0 saturated carbocycles. The lowest BCUT2D eigenvalue weighted by molar-refractivity contribution is 1.02. The first kappa shape index (κ1) is 38.3. The van der Waals surface area contributed by atoms with Crippen LogP contribution in [0, 0.1) is 0 Å². The molecule has 15 rings (SSSR count). The fourth-order valence-electron chi connectivity index (χ4n) is 11.4. The molecular weight excluding hydrogens is 861 g/mol. The van der Waals surface area contributed by atoms with Gasteiger partial charge in [-0.1, -0.05) is 78.9 Å². The second-order valence-electron chi connectivity index (χ2n) is 17.6. The highest BCUT2D eigenvalue weighted by Gasteiger charge is 2.35. The van der Waals surface area contributed by atoms with Crippen LogP contribution in [-0.2, 0) is 0 Å². The third kappa shape index (κ3) is 5.26. The van der Waals surface area contributed by atoms with Gasteiger partial charge in [-0.15, -0.1) is 0 Å². The number of aromatic nitrogens is 10. The molecule has 0 atom stereocenters. The number of benzene rings is 5. The lowest BCUT2D eigenvalue weighted by atomic mass is 9.89. The first-order chi connectivity index (χ1) is 34.8. The topological polar surface area (TPSA) is 97.1 Å². The average molecular weight is 897 g/mol. The van der Waals surface area contributed by atoms with Crippen LogP contribution >= 0.6 is 0 Å². The summed E-state index contributed by atoms with van der Waals surface area (Å²) in [6, 6.07) is 51.9. The first-order valence-electron chi connectivity index (χ1n) is 23.2. The second kappa shape index (κ2) is 14.9. The van der Waals surface area contributed by atoms with Gasteiger partial charge in [-0.2, -0.15) is 0 Å². The van der Waals surface area contributed by atoms with Crippen molar-refractivity contribution in [3.8, 4) is 45.0 Å². The highest BCUT2D eigenvalue weighted by atomic mass is 15.1. The van der Waals surface area contributed by atoms with Gasteiger partial charge in [-0.3, -0.25) is 29.9 Å². The summed E-state index contributed by atoms with van der Waals surface area (Å²) < 4.78 is 9.90. The summed E-state index contributed by atoms with van der Waals surface area (Å²) in [6.07, 6.45) is 23.3. The highest BCUT2D eigenvalue weighted by molar-refractivity contribution is 6.18. The zero-order valence-electron chi connectivity index (χ0n) is 37.3. The van der Waals surface area contributed by atoms with Crippen LogP contribution in [0.5, 0.6) is 0 Å². The normalized spacial score (nSPS) is 12.0. The molecule has 10 heterocycles. The molecular formula is C60H36N10. The number of fused-ring (bicyclic) bond motifs is 12. The van der Waals surface area contributed by atoms with E-state index in [1.165, 1.54) is 0 Å². The summed E-state index contributed by atoms with van der Waals surface area (Å²) in [5.41, 5.74) is 15.9. The number of pyridine rings is 6. The zero-order valence-corrected chi connectivity index (χ0v) is 37.3. The van der Waals surface area contributed by atoms with Gasteiger partial charge in [0, 0.05) is 134 Å². The van der Waals surface area contributed by atoms with Crippen LogP contribution in [0.1, 0.15) is 0 Å². The van der Waals surface area contributed by atoms with Crippen LogP contribution in [0.3, 0.4) is 0 Å². The van der Waals surface area contributed by atoms with Crippen molar-refractivity contribution in [3.63, 3.8) is 0 Å². The minimum atomic E-state index is 0.939. The van der Waals surface area contributed by atoms with E-state index < -0.39 is 0 Å². The number of para-hydroxylation sites is 4. The third-order valence-electron chi connectivity index (χ3n) is 14.1. The van der Waals surface area contributed by atoms with Gasteiger partial charge in [-0.05, 0) is 72.3 Å². The molecule has 15 aromatic rings. The average Bonchev–Trinajstić information content (AvgIpc) is 4.16. The summed E-state index contributed by atoms with van der Waals surface area (Å²) in [7, 11) is 0. The predicted octanol–water partition coefficient (Wildman–Crippen LogP) is 13.8. The molecule has 0 aliphatic rings. The van der Waals surface area contributed by atoms with Gasteiger partial charge in [-0.25, -0.2) is 0 Å². The van der Waals surface area contributed by atoms with Crippen LogP contribution in [-0.4, -0.2) is 48.2 Å². The quantitative estimate of drug-likeness (QED) is 0.165. The van der Waals surface area contributed by atoms with E-state index in [0.717, 1.165) is 132 Å². The Bertz CT molecular complexity index is 4090. The van der Waals surface area contributed by atoms with E-state index in [9.17, 15) is 0 Å². The lowest BCUT2D eigenvalue weighted by Crippen LogP contribution is -2.16. The van der Waals surface area contributed by atoms with Gasteiger partial charge >= 0.3 is 0 Å². The first-order valence-corrected chi connectivity index (χ1v) is 23.2. The Balaban J connectivity index is 1.36. The van der Waals surface area contributed by atoms with E-state index in [1.54, 1.807) is 0 Å². The molecule has 10 nitrogen and oxygen atoms in total. The van der Waals surface area contributed by atoms with Crippen LogP contribution in [0.15, 0.2) is 220 Å². The minimum absolute atomic E-state index is 0.939. The van der Waals surface area contributed by atoms with Crippen molar-refractivity contribution in [2.75, 3.05) is 0 Å². The molecule has 70 heavy (non-hydrogen) atoms. The molecule has 0 aliphatic heterocycles. The molecule has 0 fully saturated rings. The van der Waals surface area contributed by atoms with Crippen LogP contribution in [0.2, 0.25) is 0 Å². The van der Waals surface area contributed by atoms with Crippen LogP contribution < -0.4 is 0 Å². The summed E-state index contributed by atoms with van der Waals surface area (Å²) in [5, 5.41) is 8.53. The molecule has 10 aromatic heterocycles. The molecule has 326 valence electrons. The zero-order chi connectivity index (χ0) is 45.9. The maximum atomic E-state index is 4.91. The molecule has 5 aromatic carbocycles. The van der Waals surface area contributed by atoms with Crippen molar-refractivity contribution >= 4 is 87.2 Å². The molecule has 0 spiro atoms. The lowest BCUT2D eigenvalue weighted by Gasteiger charge is -2.31. The van der Waals surface area contributed by atoms with Crippen molar-refractivity contribution in [1.82, 2.24) is 48.2 Å². The van der Waals surface area contributed by atoms with Gasteiger partial charge in [0.1, 0.15) is 0 Å². The van der Waals surface area contributed by atoms with Gasteiger partial charge in [0.15, 0.2) is 0 Å². The number of hydrogen-bond acceptors (Lipinski definition) is 6. The minimum Gasteiger partial charge on any atom is -0.306 e. The Labute approximate surface area is 398 Å². The fourth-order valence-corrected chi connectivity index (χ4v) is 11.4. The van der Waals surface area contributed by atoms with E-state index in [0.29, 0.717) is 0 Å². The molecule has 0 bridgehead atoms. The van der Waals surface area contributed by atoms with Crippen LogP contribution in [0.25, 0.3) is 132 Å². The van der Waals surface area contributed by atoms with Gasteiger partial charge in [0.25, 0.3) is 0 Å². The van der Waals surface area contributed by atoms with Gasteiger partial charge in [0.05, 0.1) is 66.9 Å². The maximum Gasteiger partial charge on any atom is 0.0975 e.